The molecule has 0 aromatic rings. The maximum atomic E-state index is 12.0. The molecule has 0 aliphatic carbocycles. The molecule has 0 aromatic carbocycles. The van der Waals surface area contributed by atoms with E-state index in [1.54, 1.807) is 0 Å². The second-order valence-electron chi connectivity index (χ2n) is 6.80. The first-order valence-electron chi connectivity index (χ1n) is 6.16. The van der Waals surface area contributed by atoms with Gasteiger partial charge in [-0.05, 0) is 31.1 Å². The number of hydrogen-bond donors (Lipinski definition) is 0. The van der Waals surface area contributed by atoms with Crippen LogP contribution in [0.4, 0.5) is 0 Å². The first-order chi connectivity index (χ1) is 6.99. The van der Waals surface area contributed by atoms with Crippen molar-refractivity contribution in [3.8, 4) is 0 Å². The van der Waals surface area contributed by atoms with Crippen LogP contribution in [-0.2, 0) is 9.53 Å². The maximum absolute atomic E-state index is 12.0. The van der Waals surface area contributed by atoms with Gasteiger partial charge in [0.2, 0.25) is 0 Å². The summed E-state index contributed by atoms with van der Waals surface area (Å²) in [6.45, 7) is 17.2. The van der Waals surface area contributed by atoms with E-state index in [-0.39, 0.29) is 17.3 Å². The fraction of sp³-hybridized carbons (Fsp3) is 0.929. The molecule has 0 aliphatic heterocycles. The Labute approximate surface area is 101 Å². The van der Waals surface area contributed by atoms with Crippen molar-refractivity contribution in [2.75, 3.05) is 6.61 Å². The average molecular weight is 228 g/mol. The summed E-state index contributed by atoms with van der Waals surface area (Å²) in [5.41, 5.74) is -0.312. The van der Waals surface area contributed by atoms with Gasteiger partial charge in [0, 0.05) is 0 Å². The molecule has 2 nitrogen and oxygen atoms in total. The Morgan fingerprint density at radius 3 is 1.81 bits per heavy atom. The number of rotatable bonds is 4. The Morgan fingerprint density at radius 1 is 1.06 bits per heavy atom. The third-order valence-electron chi connectivity index (χ3n) is 3.46. The molecule has 0 radical (unpaired) electrons. The average Bonchev–Trinajstić information content (AvgIpc) is 2.11. The molecule has 0 fully saturated rings. The molecule has 0 aromatic heterocycles. The first-order valence-corrected chi connectivity index (χ1v) is 6.16. The highest BCUT2D eigenvalue weighted by atomic mass is 16.5. The molecule has 2 heteroatoms. The zero-order valence-corrected chi connectivity index (χ0v) is 12.2. The summed E-state index contributed by atoms with van der Waals surface area (Å²) in [6.07, 6.45) is 0. The first kappa shape index (κ1) is 15.5. The van der Waals surface area contributed by atoms with Crippen molar-refractivity contribution in [3.63, 3.8) is 0 Å². The normalized spacial score (nSPS) is 15.1. The summed E-state index contributed by atoms with van der Waals surface area (Å²) in [6, 6.07) is 0. The van der Waals surface area contributed by atoms with Crippen LogP contribution in [0.2, 0.25) is 0 Å². The zero-order chi connectivity index (χ0) is 13.1. The molecule has 0 bridgehead atoms. The smallest absolute Gasteiger partial charge is 0.311 e. The third-order valence-corrected chi connectivity index (χ3v) is 3.46. The SMILES string of the molecule is CC(C)COC(=O)C(C)(C)C(C)C(C)(C)C. The van der Waals surface area contributed by atoms with Crippen molar-refractivity contribution < 1.29 is 9.53 Å². The van der Waals surface area contributed by atoms with Crippen LogP contribution < -0.4 is 0 Å². The van der Waals surface area contributed by atoms with Crippen LogP contribution in [0.15, 0.2) is 0 Å². The number of esters is 1. The summed E-state index contributed by atoms with van der Waals surface area (Å²) < 4.78 is 5.35. The van der Waals surface area contributed by atoms with Crippen molar-refractivity contribution in [2.45, 2.75) is 55.4 Å². The van der Waals surface area contributed by atoms with Crippen LogP contribution in [0.25, 0.3) is 0 Å². The molecule has 1 atom stereocenters. The van der Waals surface area contributed by atoms with Gasteiger partial charge in [-0.2, -0.15) is 0 Å². The quantitative estimate of drug-likeness (QED) is 0.682. The molecule has 0 saturated carbocycles. The van der Waals surface area contributed by atoms with Crippen LogP contribution in [-0.4, -0.2) is 12.6 Å². The molecular formula is C14H28O2. The predicted molar refractivity (Wildman–Crippen MR) is 68.2 cm³/mol. The predicted octanol–water partition coefficient (Wildman–Crippen LogP) is 3.89. The lowest BCUT2D eigenvalue weighted by Crippen LogP contribution is -2.40. The van der Waals surface area contributed by atoms with E-state index >= 15 is 0 Å². The van der Waals surface area contributed by atoms with E-state index in [9.17, 15) is 4.79 Å². The van der Waals surface area contributed by atoms with Gasteiger partial charge in [0.1, 0.15) is 0 Å². The molecule has 0 saturated heterocycles. The lowest BCUT2D eigenvalue weighted by Gasteiger charge is -2.38. The number of carbonyl (C=O) groups is 1. The Morgan fingerprint density at radius 2 is 1.50 bits per heavy atom. The van der Waals surface area contributed by atoms with E-state index < -0.39 is 5.41 Å². The number of hydrogen-bond acceptors (Lipinski definition) is 2. The minimum absolute atomic E-state index is 0.0800. The summed E-state index contributed by atoms with van der Waals surface area (Å²) >= 11 is 0. The summed E-state index contributed by atoms with van der Waals surface area (Å²) in [5.74, 6) is 0.591. The van der Waals surface area contributed by atoms with Gasteiger partial charge in [-0.25, -0.2) is 0 Å². The fourth-order valence-electron chi connectivity index (χ4n) is 1.69. The molecule has 0 aliphatic rings. The van der Waals surface area contributed by atoms with Gasteiger partial charge in [-0.15, -0.1) is 0 Å². The molecule has 0 rings (SSSR count). The summed E-state index contributed by atoms with van der Waals surface area (Å²) in [7, 11) is 0. The summed E-state index contributed by atoms with van der Waals surface area (Å²) in [5, 5.41) is 0. The van der Waals surface area contributed by atoms with Crippen molar-refractivity contribution in [3.05, 3.63) is 0 Å². The molecule has 1 unspecified atom stereocenters. The largest absolute Gasteiger partial charge is 0.465 e. The highest BCUT2D eigenvalue weighted by molar-refractivity contribution is 5.76. The minimum Gasteiger partial charge on any atom is -0.465 e. The van der Waals surface area contributed by atoms with E-state index in [0.29, 0.717) is 12.5 Å². The number of carbonyl (C=O) groups excluding carboxylic acids is 1. The highest BCUT2D eigenvalue weighted by Crippen LogP contribution is 2.40. The molecular weight excluding hydrogens is 200 g/mol. The monoisotopic (exact) mass is 228 g/mol. The van der Waals surface area contributed by atoms with E-state index in [0.717, 1.165) is 0 Å². The Bertz CT molecular complexity index is 234. The van der Waals surface area contributed by atoms with Crippen LogP contribution in [0, 0.1) is 22.7 Å². The van der Waals surface area contributed by atoms with Crippen LogP contribution in [0.3, 0.4) is 0 Å². The van der Waals surface area contributed by atoms with Gasteiger partial charge in [-0.1, -0.05) is 41.5 Å². The second-order valence-corrected chi connectivity index (χ2v) is 6.80. The lowest BCUT2D eigenvalue weighted by molar-refractivity contribution is -0.160. The van der Waals surface area contributed by atoms with Gasteiger partial charge >= 0.3 is 5.97 Å². The second kappa shape index (κ2) is 5.20. The van der Waals surface area contributed by atoms with E-state index in [2.05, 4.69) is 27.7 Å². The molecule has 16 heavy (non-hydrogen) atoms. The Balaban J connectivity index is 4.59. The third kappa shape index (κ3) is 4.15. The van der Waals surface area contributed by atoms with Gasteiger partial charge in [0.15, 0.2) is 0 Å². The molecule has 0 spiro atoms. The van der Waals surface area contributed by atoms with Gasteiger partial charge < -0.3 is 4.74 Å². The van der Waals surface area contributed by atoms with Crippen molar-refractivity contribution in [1.29, 1.82) is 0 Å². The van der Waals surface area contributed by atoms with E-state index in [1.807, 2.05) is 27.7 Å². The van der Waals surface area contributed by atoms with E-state index in [1.165, 1.54) is 0 Å². The molecule has 96 valence electrons. The van der Waals surface area contributed by atoms with Crippen molar-refractivity contribution in [1.82, 2.24) is 0 Å². The van der Waals surface area contributed by atoms with E-state index in [4.69, 9.17) is 4.74 Å². The van der Waals surface area contributed by atoms with Gasteiger partial charge in [0.05, 0.1) is 12.0 Å². The van der Waals surface area contributed by atoms with Gasteiger partial charge in [-0.3, -0.25) is 4.79 Å². The summed E-state index contributed by atoms with van der Waals surface area (Å²) in [4.78, 5) is 12.0. The van der Waals surface area contributed by atoms with Crippen LogP contribution in [0.5, 0.6) is 0 Å². The van der Waals surface area contributed by atoms with Crippen molar-refractivity contribution >= 4 is 5.97 Å². The Hall–Kier alpha value is -0.530. The lowest BCUT2D eigenvalue weighted by atomic mass is 9.67. The highest BCUT2D eigenvalue weighted by Gasteiger charge is 2.41. The van der Waals surface area contributed by atoms with Crippen molar-refractivity contribution in [2.24, 2.45) is 22.7 Å². The zero-order valence-electron chi connectivity index (χ0n) is 12.2. The molecule has 0 heterocycles. The fourth-order valence-corrected chi connectivity index (χ4v) is 1.69. The Kier molecular flexibility index (Phi) is 5.03. The maximum Gasteiger partial charge on any atom is 0.311 e. The standard InChI is InChI=1S/C14H28O2/c1-10(2)9-16-12(15)14(7,8)11(3)13(4,5)6/h10-11H,9H2,1-8H3. The van der Waals surface area contributed by atoms with Crippen LogP contribution >= 0.6 is 0 Å². The topological polar surface area (TPSA) is 26.3 Å². The van der Waals surface area contributed by atoms with Crippen LogP contribution in [0.1, 0.15) is 55.4 Å². The molecule has 0 amide bonds. The minimum atomic E-state index is -0.423. The molecule has 0 N–H and O–H groups in total. The number of ether oxygens (including phenoxy) is 1. The van der Waals surface area contributed by atoms with Gasteiger partial charge in [0.25, 0.3) is 0 Å².